The van der Waals surface area contributed by atoms with Gasteiger partial charge in [-0.25, -0.2) is 14.4 Å². The summed E-state index contributed by atoms with van der Waals surface area (Å²) in [6.45, 7) is -0.607. The maximum Gasteiger partial charge on any atom is 0.343 e. The third-order valence-corrected chi connectivity index (χ3v) is 8.32. The van der Waals surface area contributed by atoms with E-state index in [0.717, 1.165) is 58.7 Å². The number of hydrogen-bond acceptors (Lipinski definition) is 8. The molecule has 0 heterocycles. The minimum absolute atomic E-state index is 0.0682. The predicted octanol–water partition coefficient (Wildman–Crippen LogP) is -2.03. The van der Waals surface area contributed by atoms with E-state index in [9.17, 15) is 22.8 Å². The van der Waals surface area contributed by atoms with Gasteiger partial charge in [-0.1, -0.05) is 72.3 Å². The first-order valence-electron chi connectivity index (χ1n) is 15.4. The molecular weight excluding hydrogens is 589 g/mol. The first kappa shape index (κ1) is 35.8. The highest BCUT2D eigenvalue weighted by Crippen LogP contribution is 2.28. The van der Waals surface area contributed by atoms with E-state index in [0.29, 0.717) is 23.8 Å². The molecule has 3 aromatic rings. The van der Waals surface area contributed by atoms with E-state index >= 15 is 0 Å². The molecular formula is C29H36B6O9S. The highest BCUT2D eigenvalue weighted by Gasteiger charge is 2.22. The van der Waals surface area contributed by atoms with Gasteiger partial charge in [0.25, 0.3) is 10.1 Å². The summed E-state index contributed by atoms with van der Waals surface area (Å²) in [5.74, 6) is -3.16. The van der Waals surface area contributed by atoms with Crippen LogP contribution in [0.3, 0.4) is 0 Å². The number of esters is 3. The molecule has 3 aromatic carbocycles. The molecule has 0 atom stereocenters. The summed E-state index contributed by atoms with van der Waals surface area (Å²) in [5, 5.41) is 0. The zero-order valence-corrected chi connectivity index (χ0v) is 27.6. The number of carbonyl (C=O) groups excluding carboxylic acids is 3. The Bertz CT molecular complexity index is 1600. The second-order valence-corrected chi connectivity index (χ2v) is 12.1. The SMILES string of the molecule is BCc1cc(CB)c(CB)c(C(=O)Oc2cc(OC(=O)c3cc(CB)cc(CB)c3CB)cc(C(=O)OCCS(=O)(=O)O)c2)c1. The molecule has 0 unspecified atom stereocenters. The largest absolute Gasteiger partial charge is 0.461 e. The van der Waals surface area contributed by atoms with E-state index in [2.05, 4.69) is 12.1 Å². The molecule has 0 aromatic heterocycles. The average molecular weight is 626 g/mol. The normalized spacial score (nSPS) is 11.1. The van der Waals surface area contributed by atoms with Gasteiger partial charge in [-0.3, -0.25) is 4.55 Å². The molecule has 0 fully saturated rings. The van der Waals surface area contributed by atoms with Gasteiger partial charge in [0.15, 0.2) is 0 Å². The van der Waals surface area contributed by atoms with E-state index in [1.54, 1.807) is 12.1 Å². The Morgan fingerprint density at radius 2 is 1.04 bits per heavy atom. The molecule has 9 nitrogen and oxygen atoms in total. The van der Waals surface area contributed by atoms with Gasteiger partial charge < -0.3 is 14.2 Å². The van der Waals surface area contributed by atoms with Crippen molar-refractivity contribution in [1.82, 2.24) is 0 Å². The fraction of sp³-hybridized carbons (Fsp3) is 0.276. The van der Waals surface area contributed by atoms with E-state index in [1.807, 2.05) is 47.1 Å². The second kappa shape index (κ2) is 16.1. The van der Waals surface area contributed by atoms with Gasteiger partial charge in [0.2, 0.25) is 0 Å². The van der Waals surface area contributed by atoms with Crippen LogP contribution in [-0.2, 0) is 52.8 Å². The topological polar surface area (TPSA) is 133 Å². The van der Waals surface area contributed by atoms with Crippen molar-refractivity contribution in [1.29, 1.82) is 0 Å². The lowest BCUT2D eigenvalue weighted by Crippen LogP contribution is -2.17. The molecule has 0 spiro atoms. The summed E-state index contributed by atoms with van der Waals surface area (Å²) in [4.78, 5) is 40.0. The molecule has 0 saturated carbocycles. The minimum Gasteiger partial charge on any atom is -0.461 e. The Labute approximate surface area is 270 Å². The molecule has 0 aliphatic rings. The Balaban J connectivity index is 2.05. The van der Waals surface area contributed by atoms with Crippen LogP contribution in [0.25, 0.3) is 0 Å². The first-order chi connectivity index (χ1) is 21.4. The van der Waals surface area contributed by atoms with Crippen molar-refractivity contribution in [3.8, 4) is 11.5 Å². The molecule has 230 valence electrons. The van der Waals surface area contributed by atoms with Gasteiger partial charge in [0.05, 0.1) is 16.7 Å². The van der Waals surface area contributed by atoms with Gasteiger partial charge in [0.1, 0.15) is 70.9 Å². The molecule has 1 N–H and O–H groups in total. The lowest BCUT2D eigenvalue weighted by atomic mass is 9.81. The Morgan fingerprint density at radius 1 is 0.600 bits per heavy atom. The summed E-state index contributed by atoms with van der Waals surface area (Å²) in [6.07, 6.45) is 4.14. The van der Waals surface area contributed by atoms with E-state index in [1.165, 1.54) is 18.2 Å². The monoisotopic (exact) mass is 626 g/mol. The molecule has 16 heteroatoms. The van der Waals surface area contributed by atoms with Gasteiger partial charge >= 0.3 is 17.9 Å². The molecule has 0 aliphatic carbocycles. The molecule has 0 bridgehead atoms. The van der Waals surface area contributed by atoms with Gasteiger partial charge in [-0.15, -0.1) is 0 Å². The van der Waals surface area contributed by atoms with E-state index < -0.39 is 40.4 Å². The van der Waals surface area contributed by atoms with Gasteiger partial charge in [0, 0.05) is 6.07 Å². The van der Waals surface area contributed by atoms with Crippen molar-refractivity contribution in [3.05, 3.63) is 92.5 Å². The maximum absolute atomic E-state index is 13.5. The third-order valence-electron chi connectivity index (χ3n) is 7.64. The van der Waals surface area contributed by atoms with Gasteiger partial charge in [-0.2, -0.15) is 8.42 Å². The highest BCUT2D eigenvalue weighted by molar-refractivity contribution is 7.85. The fourth-order valence-electron chi connectivity index (χ4n) is 5.29. The first-order valence-corrected chi connectivity index (χ1v) is 17.0. The number of carbonyl (C=O) groups is 3. The zero-order chi connectivity index (χ0) is 33.3. The van der Waals surface area contributed by atoms with Crippen molar-refractivity contribution in [2.75, 3.05) is 12.4 Å². The van der Waals surface area contributed by atoms with Crippen LogP contribution in [-0.4, -0.2) is 90.3 Å². The second-order valence-electron chi connectivity index (χ2n) is 10.6. The smallest absolute Gasteiger partial charge is 0.343 e. The minimum atomic E-state index is -4.36. The third kappa shape index (κ3) is 9.43. The van der Waals surface area contributed by atoms with Crippen LogP contribution in [0, 0.1) is 0 Å². The van der Waals surface area contributed by atoms with Crippen molar-refractivity contribution < 1.29 is 41.6 Å². The molecule has 0 saturated heterocycles. The molecule has 0 amide bonds. The van der Waals surface area contributed by atoms with Gasteiger partial charge in [-0.05, 0) is 35.4 Å². The summed E-state index contributed by atoms with van der Waals surface area (Å²) in [7, 11) is 7.58. The Morgan fingerprint density at radius 3 is 1.40 bits per heavy atom. The van der Waals surface area contributed by atoms with E-state index in [4.69, 9.17) is 18.8 Å². The lowest BCUT2D eigenvalue weighted by Gasteiger charge is -2.16. The average Bonchev–Trinajstić information content (AvgIpc) is 3.02. The van der Waals surface area contributed by atoms with Crippen molar-refractivity contribution in [2.24, 2.45) is 0 Å². The maximum atomic E-state index is 13.5. The van der Waals surface area contributed by atoms with Crippen molar-refractivity contribution in [2.45, 2.75) is 37.9 Å². The number of benzene rings is 3. The predicted molar refractivity (Wildman–Crippen MR) is 189 cm³/mol. The molecule has 0 radical (unpaired) electrons. The highest BCUT2D eigenvalue weighted by atomic mass is 32.2. The van der Waals surface area contributed by atoms with Crippen LogP contribution >= 0.6 is 0 Å². The number of ether oxygens (including phenoxy) is 3. The quantitative estimate of drug-likeness (QED) is 0.0933. The standard InChI is InChI=1S/C29H36B6O9S/c30-10-16-3-19(12-32)25(14-34)23(5-16)28(37)43-21-7-18(27(36)42-1-2-45(39,40)41)8-22(9-21)44-29(38)24-6-17(11-31)4-20(13-33)26(24)15-35/h3-9H,1-2,10-15,30-35H2,(H,39,40,41). The zero-order valence-electron chi connectivity index (χ0n) is 26.8. The Kier molecular flexibility index (Phi) is 12.8. The summed E-state index contributed by atoms with van der Waals surface area (Å²) < 4.78 is 47.8. The van der Waals surface area contributed by atoms with Crippen LogP contribution in [0.15, 0.2) is 42.5 Å². The summed E-state index contributed by atoms with van der Waals surface area (Å²) in [6, 6.07) is 11.6. The summed E-state index contributed by atoms with van der Waals surface area (Å²) in [5.41, 5.74) is 6.45. The molecule has 45 heavy (non-hydrogen) atoms. The number of rotatable bonds is 14. The summed E-state index contributed by atoms with van der Waals surface area (Å²) >= 11 is 0. The van der Waals surface area contributed by atoms with E-state index in [-0.39, 0.29) is 17.1 Å². The van der Waals surface area contributed by atoms with Crippen LogP contribution in [0.5, 0.6) is 11.5 Å². The van der Waals surface area contributed by atoms with Crippen LogP contribution in [0.2, 0.25) is 0 Å². The van der Waals surface area contributed by atoms with Crippen LogP contribution < -0.4 is 9.47 Å². The van der Waals surface area contributed by atoms with Crippen LogP contribution in [0.4, 0.5) is 0 Å². The fourth-order valence-corrected chi connectivity index (χ4v) is 5.58. The van der Waals surface area contributed by atoms with Crippen molar-refractivity contribution >= 4 is 75.1 Å². The lowest BCUT2D eigenvalue weighted by molar-refractivity contribution is 0.0523. The van der Waals surface area contributed by atoms with Crippen LogP contribution in [0.1, 0.15) is 64.5 Å². The number of hydrogen-bond donors (Lipinski definition) is 1. The molecule has 3 rings (SSSR count). The Hall–Kier alpha value is -3.63. The van der Waals surface area contributed by atoms with Crippen molar-refractivity contribution in [3.63, 3.8) is 0 Å². The molecule has 0 aliphatic heterocycles.